The quantitative estimate of drug-likeness (QED) is 0.0472. The molecule has 2 atom stereocenters. The minimum atomic E-state index is -1.57. The smallest absolute Gasteiger partial charge is 0.266 e. The van der Waals surface area contributed by atoms with Crippen molar-refractivity contribution in [3.05, 3.63) is 148 Å². The van der Waals surface area contributed by atoms with Crippen LogP contribution in [0.1, 0.15) is 41.2 Å². The predicted octanol–water partition coefficient (Wildman–Crippen LogP) is 6.71. The van der Waals surface area contributed by atoms with Crippen molar-refractivity contribution < 1.29 is 23.8 Å². The standard InChI is InChI=1S/C35H33FN6O4/c36-30-15-6-4-13-27(30)24-38-41-34(44)35(21-8-12-25-10-2-1-3-11-25)32(29-14-5-7-16-31(29)40-42-37)46-33(39-35)26-17-19-28(20-18-26)45-23-9-22-43/h1-8,10-20,32,38,43H,9,21-24H2,(H,41,44)/b12-8+/t32-,35-/m0/s1. The molecule has 0 spiro atoms. The van der Waals surface area contributed by atoms with E-state index in [1.165, 1.54) is 6.07 Å². The normalized spacial score (nSPS) is 17.2. The number of benzene rings is 4. The molecule has 0 radical (unpaired) electrons. The molecule has 10 nitrogen and oxygen atoms in total. The highest BCUT2D eigenvalue weighted by molar-refractivity contribution is 6.01. The van der Waals surface area contributed by atoms with Gasteiger partial charge >= 0.3 is 0 Å². The van der Waals surface area contributed by atoms with Gasteiger partial charge in [0.05, 0.1) is 6.61 Å². The second-order valence-corrected chi connectivity index (χ2v) is 10.5. The highest BCUT2D eigenvalue weighted by Gasteiger charge is 2.53. The van der Waals surface area contributed by atoms with Crippen molar-refractivity contribution >= 4 is 23.6 Å². The van der Waals surface area contributed by atoms with E-state index in [4.69, 9.17) is 19.6 Å². The fourth-order valence-electron chi connectivity index (χ4n) is 5.05. The van der Waals surface area contributed by atoms with Gasteiger partial charge in [-0.25, -0.2) is 14.8 Å². The Morgan fingerprint density at radius 1 is 1.04 bits per heavy atom. The number of carbonyl (C=O) groups excluding carboxylic acids is 1. The topological polar surface area (TPSA) is 141 Å². The fourth-order valence-corrected chi connectivity index (χ4v) is 5.05. The Labute approximate surface area is 265 Å². The van der Waals surface area contributed by atoms with Gasteiger partial charge in [-0.1, -0.05) is 90.1 Å². The summed E-state index contributed by atoms with van der Waals surface area (Å²) in [5.41, 5.74) is 16.0. The fraction of sp³-hybridized carbons (Fsp3) is 0.200. The maximum Gasteiger partial charge on any atom is 0.266 e. The zero-order valence-corrected chi connectivity index (χ0v) is 24.9. The maximum atomic E-state index is 14.3. The minimum absolute atomic E-state index is 0.0272. The van der Waals surface area contributed by atoms with Crippen molar-refractivity contribution in [2.45, 2.75) is 31.0 Å². The number of aliphatic hydroxyl groups is 1. The first-order valence-corrected chi connectivity index (χ1v) is 14.8. The Morgan fingerprint density at radius 2 is 1.78 bits per heavy atom. The van der Waals surface area contributed by atoms with E-state index >= 15 is 0 Å². The van der Waals surface area contributed by atoms with Crippen molar-refractivity contribution in [1.82, 2.24) is 10.9 Å². The van der Waals surface area contributed by atoms with Crippen molar-refractivity contribution in [3.63, 3.8) is 0 Å². The van der Waals surface area contributed by atoms with Crippen LogP contribution < -0.4 is 15.6 Å². The molecule has 1 heterocycles. The highest BCUT2D eigenvalue weighted by Crippen LogP contribution is 2.45. The molecule has 5 rings (SSSR count). The largest absolute Gasteiger partial charge is 0.494 e. The van der Waals surface area contributed by atoms with Crippen molar-refractivity contribution in [2.24, 2.45) is 10.1 Å². The molecule has 11 heteroatoms. The Hall–Kier alpha value is -5.48. The monoisotopic (exact) mass is 620 g/mol. The highest BCUT2D eigenvalue weighted by atomic mass is 19.1. The van der Waals surface area contributed by atoms with Crippen LogP contribution in [0.3, 0.4) is 0 Å². The Balaban J connectivity index is 1.54. The van der Waals surface area contributed by atoms with Crippen LogP contribution in [0.15, 0.2) is 119 Å². The lowest BCUT2D eigenvalue weighted by Gasteiger charge is -2.30. The van der Waals surface area contributed by atoms with Crippen LogP contribution in [0.4, 0.5) is 10.1 Å². The second kappa shape index (κ2) is 15.5. The molecule has 4 aromatic carbocycles. The number of carbonyl (C=O) groups is 1. The van der Waals surface area contributed by atoms with Crippen LogP contribution in [0, 0.1) is 5.82 Å². The van der Waals surface area contributed by atoms with Gasteiger partial charge in [0.25, 0.3) is 5.91 Å². The van der Waals surface area contributed by atoms with Gasteiger partial charge in [-0.15, -0.1) is 0 Å². The van der Waals surface area contributed by atoms with Crippen molar-refractivity contribution in [3.8, 4) is 5.75 Å². The molecule has 1 amide bonds. The molecule has 234 valence electrons. The molecule has 3 N–H and O–H groups in total. The van der Waals surface area contributed by atoms with E-state index < -0.39 is 23.4 Å². The summed E-state index contributed by atoms with van der Waals surface area (Å²) in [5.74, 6) is -0.117. The average molecular weight is 621 g/mol. The number of nitrogens with zero attached hydrogens (tertiary/aromatic N) is 4. The van der Waals surface area contributed by atoms with Gasteiger partial charge in [0.1, 0.15) is 11.6 Å². The first-order valence-electron chi connectivity index (χ1n) is 14.8. The SMILES string of the molecule is [N-]=[N+]=Nc1ccccc1[C@@H]1OC(c2ccc(OCCCO)cc2)=N[C@]1(C/C=C/c1ccccc1)C(=O)NNCc1ccccc1F. The third-order valence-corrected chi connectivity index (χ3v) is 7.38. The summed E-state index contributed by atoms with van der Waals surface area (Å²) in [6.07, 6.45) is 3.35. The summed E-state index contributed by atoms with van der Waals surface area (Å²) in [4.78, 5) is 22.2. The lowest BCUT2D eigenvalue weighted by atomic mass is 9.83. The summed E-state index contributed by atoms with van der Waals surface area (Å²) < 4.78 is 26.5. The molecule has 1 aliphatic heterocycles. The summed E-state index contributed by atoms with van der Waals surface area (Å²) in [6, 6.07) is 29.9. The summed E-state index contributed by atoms with van der Waals surface area (Å²) in [5, 5.41) is 12.9. The number of hydrazine groups is 1. The molecule has 0 saturated heterocycles. The van der Waals surface area contributed by atoms with Crippen LogP contribution in [-0.4, -0.2) is 35.7 Å². The lowest BCUT2D eigenvalue weighted by molar-refractivity contribution is -0.129. The average Bonchev–Trinajstić information content (AvgIpc) is 3.47. The number of azide groups is 1. The molecule has 0 bridgehead atoms. The maximum absolute atomic E-state index is 14.3. The third-order valence-electron chi connectivity index (χ3n) is 7.38. The van der Waals surface area contributed by atoms with Gasteiger partial charge in [-0.05, 0) is 41.4 Å². The molecule has 0 fully saturated rings. The number of aliphatic imine (C=N–C) groups is 1. The zero-order valence-electron chi connectivity index (χ0n) is 24.9. The van der Waals surface area contributed by atoms with Gasteiger partial charge in [-0.2, -0.15) is 0 Å². The van der Waals surface area contributed by atoms with E-state index in [-0.39, 0.29) is 25.5 Å². The van der Waals surface area contributed by atoms with Gasteiger partial charge in [-0.3, -0.25) is 10.2 Å². The van der Waals surface area contributed by atoms with E-state index in [2.05, 4.69) is 20.9 Å². The first kappa shape index (κ1) is 31.9. The van der Waals surface area contributed by atoms with Gasteiger partial charge in [0.2, 0.25) is 5.90 Å². The Kier molecular flexibility index (Phi) is 10.8. The van der Waals surface area contributed by atoms with Crippen LogP contribution >= 0.6 is 0 Å². The van der Waals surface area contributed by atoms with Crippen molar-refractivity contribution in [2.75, 3.05) is 13.2 Å². The van der Waals surface area contributed by atoms with Crippen LogP contribution in [0.5, 0.6) is 5.75 Å². The molecular weight excluding hydrogens is 587 g/mol. The summed E-state index contributed by atoms with van der Waals surface area (Å²) in [7, 11) is 0. The van der Waals surface area contributed by atoms with E-state index in [1.807, 2.05) is 42.5 Å². The summed E-state index contributed by atoms with van der Waals surface area (Å²) >= 11 is 0. The van der Waals surface area contributed by atoms with Crippen molar-refractivity contribution in [1.29, 1.82) is 0 Å². The number of hydrogen-bond donors (Lipinski definition) is 3. The predicted molar refractivity (Wildman–Crippen MR) is 173 cm³/mol. The van der Waals surface area contributed by atoms with Crippen LogP contribution in [0.25, 0.3) is 16.5 Å². The van der Waals surface area contributed by atoms with Gasteiger partial charge in [0.15, 0.2) is 11.6 Å². The van der Waals surface area contributed by atoms with Crippen LogP contribution in [-0.2, 0) is 16.1 Å². The molecule has 0 unspecified atom stereocenters. The van der Waals surface area contributed by atoms with Gasteiger partial charge < -0.3 is 14.6 Å². The number of halogens is 1. The molecule has 46 heavy (non-hydrogen) atoms. The zero-order chi connectivity index (χ0) is 32.2. The Bertz CT molecular complexity index is 1740. The number of ether oxygens (including phenoxy) is 2. The molecule has 0 saturated carbocycles. The molecule has 1 aliphatic rings. The number of rotatable bonds is 14. The molecule has 4 aromatic rings. The first-order chi connectivity index (χ1) is 22.5. The number of aliphatic hydroxyl groups excluding tert-OH is 1. The van der Waals surface area contributed by atoms with E-state index in [0.717, 1.165) is 5.56 Å². The van der Waals surface area contributed by atoms with E-state index in [9.17, 15) is 14.7 Å². The number of amides is 1. The number of hydrogen-bond acceptors (Lipinski definition) is 7. The molecule has 0 aliphatic carbocycles. The lowest BCUT2D eigenvalue weighted by Crippen LogP contribution is -2.52. The second-order valence-electron chi connectivity index (χ2n) is 10.5. The minimum Gasteiger partial charge on any atom is -0.494 e. The molecular formula is C35H33FN6O4. The van der Waals surface area contributed by atoms with Gasteiger partial charge in [0, 0.05) is 53.3 Å². The van der Waals surface area contributed by atoms with Crippen LogP contribution in [0.2, 0.25) is 0 Å². The third kappa shape index (κ3) is 7.59. The van der Waals surface area contributed by atoms with E-state index in [1.54, 1.807) is 66.7 Å². The summed E-state index contributed by atoms with van der Waals surface area (Å²) in [6.45, 7) is 0.422. The van der Waals surface area contributed by atoms with E-state index in [0.29, 0.717) is 41.2 Å². The molecule has 0 aromatic heterocycles. The number of nitrogens with one attached hydrogen (secondary N) is 2. The Morgan fingerprint density at radius 3 is 2.54 bits per heavy atom.